The molecule has 0 saturated carbocycles. The number of nitrogens with zero attached hydrogens (tertiary/aromatic N) is 5. The molecule has 2 aliphatic rings. The van der Waals surface area contributed by atoms with Gasteiger partial charge < -0.3 is 29.4 Å². The van der Waals surface area contributed by atoms with Gasteiger partial charge in [0.1, 0.15) is 11.2 Å². The van der Waals surface area contributed by atoms with Crippen LogP contribution < -0.4 is 15.4 Å². The number of fused-ring (bicyclic) bond motifs is 1. The average molecular weight is 497 g/mol. The van der Waals surface area contributed by atoms with Crippen LogP contribution in [0.15, 0.2) is 28.8 Å². The highest BCUT2D eigenvalue weighted by Gasteiger charge is 2.37. The molecule has 2 aromatic heterocycles. The first-order valence-corrected chi connectivity index (χ1v) is 12.1. The van der Waals surface area contributed by atoms with Crippen LogP contribution in [0.5, 0.6) is 0 Å². The summed E-state index contributed by atoms with van der Waals surface area (Å²) in [5.74, 6) is 1.38. The fourth-order valence-corrected chi connectivity index (χ4v) is 4.48. The van der Waals surface area contributed by atoms with Crippen LogP contribution in [0.2, 0.25) is 0 Å². The zero-order valence-electron chi connectivity index (χ0n) is 19.7. The summed E-state index contributed by atoms with van der Waals surface area (Å²) in [5.41, 5.74) is 1.98. The summed E-state index contributed by atoms with van der Waals surface area (Å²) in [6, 6.07) is 5.40. The Morgan fingerprint density at radius 1 is 1.20 bits per heavy atom. The van der Waals surface area contributed by atoms with Gasteiger partial charge in [0.2, 0.25) is 11.8 Å². The molecule has 12 heteroatoms. The average Bonchev–Trinajstić information content (AvgIpc) is 3.41. The van der Waals surface area contributed by atoms with E-state index < -0.39 is 5.60 Å². The molecule has 0 unspecified atom stereocenters. The smallest absolute Gasteiger partial charge is 0.339 e. The van der Waals surface area contributed by atoms with Crippen molar-refractivity contribution in [3.8, 4) is 11.5 Å². The quantitative estimate of drug-likeness (QED) is 0.271. The predicted octanol–water partition coefficient (Wildman–Crippen LogP) is 2.77. The van der Waals surface area contributed by atoms with Crippen LogP contribution in [0, 0.1) is 0 Å². The monoisotopic (exact) mass is 496 g/mol. The molecule has 5 rings (SSSR count). The number of hydrogen-bond acceptors (Lipinski definition) is 12. The van der Waals surface area contributed by atoms with Crippen molar-refractivity contribution in [2.75, 3.05) is 42.8 Å². The maximum Gasteiger partial charge on any atom is 0.339 e. The summed E-state index contributed by atoms with van der Waals surface area (Å²) in [6.45, 7) is 8.93. The minimum Gasteiger partial charge on any atom is -0.451 e. The molecule has 0 aliphatic carbocycles. The molecule has 0 bridgehead atoms. The van der Waals surface area contributed by atoms with Crippen molar-refractivity contribution >= 4 is 36.2 Å². The Kier molecular flexibility index (Phi) is 6.58. The standard InChI is InChI=1S/C23H28N8O3S/c1-23(2)17-12-14(5-6-15(17)21(32)34-23)26-22-25-13-16(19(27-22)30-35)20-29-28-18(33-20)4-3-9-31-10-7-24-8-11-31/h5-6,12-13,24,35H,3-4,7-11H2,1-2H3,(H2,25,26,27,30). The van der Waals surface area contributed by atoms with Crippen LogP contribution >= 0.6 is 12.8 Å². The van der Waals surface area contributed by atoms with Crippen LogP contribution in [-0.4, -0.2) is 63.8 Å². The van der Waals surface area contributed by atoms with Crippen LogP contribution in [0.4, 0.5) is 17.5 Å². The van der Waals surface area contributed by atoms with E-state index in [1.807, 2.05) is 19.9 Å². The van der Waals surface area contributed by atoms with Crippen LogP contribution in [0.3, 0.4) is 0 Å². The van der Waals surface area contributed by atoms with E-state index in [0.29, 0.717) is 41.1 Å². The number of thiol groups is 1. The second kappa shape index (κ2) is 9.80. The summed E-state index contributed by atoms with van der Waals surface area (Å²) in [6.07, 6.45) is 3.27. The highest BCUT2D eigenvalue weighted by molar-refractivity contribution is 7.81. The van der Waals surface area contributed by atoms with E-state index in [0.717, 1.165) is 50.4 Å². The van der Waals surface area contributed by atoms with Crippen molar-refractivity contribution in [2.24, 2.45) is 0 Å². The van der Waals surface area contributed by atoms with E-state index in [1.165, 1.54) is 0 Å². The number of aromatic nitrogens is 4. The second-order valence-electron chi connectivity index (χ2n) is 9.05. The third-order valence-electron chi connectivity index (χ3n) is 6.16. The number of hydrogen-bond donors (Lipinski definition) is 4. The lowest BCUT2D eigenvalue weighted by Crippen LogP contribution is -2.43. The molecule has 0 amide bonds. The highest BCUT2D eigenvalue weighted by atomic mass is 32.1. The van der Waals surface area contributed by atoms with Gasteiger partial charge in [-0.1, -0.05) is 12.8 Å². The summed E-state index contributed by atoms with van der Waals surface area (Å²) in [7, 11) is 0. The lowest BCUT2D eigenvalue weighted by atomic mass is 9.95. The van der Waals surface area contributed by atoms with Crippen LogP contribution in [0.1, 0.15) is 42.1 Å². The molecular weight excluding hydrogens is 468 g/mol. The molecule has 1 saturated heterocycles. The highest BCUT2D eigenvalue weighted by Crippen LogP contribution is 2.37. The number of ether oxygens (including phenoxy) is 1. The minimum atomic E-state index is -0.687. The number of esters is 1. The van der Waals surface area contributed by atoms with Crippen LogP contribution in [-0.2, 0) is 16.8 Å². The van der Waals surface area contributed by atoms with Gasteiger partial charge in [0.25, 0.3) is 5.89 Å². The van der Waals surface area contributed by atoms with Crippen molar-refractivity contribution in [1.82, 2.24) is 30.4 Å². The third-order valence-corrected chi connectivity index (χ3v) is 6.37. The molecule has 0 spiro atoms. The van der Waals surface area contributed by atoms with Gasteiger partial charge in [-0.05, 0) is 45.0 Å². The van der Waals surface area contributed by atoms with Gasteiger partial charge >= 0.3 is 5.97 Å². The number of carbonyl (C=O) groups is 1. The molecule has 2 aliphatic heterocycles. The first-order chi connectivity index (χ1) is 16.9. The van der Waals surface area contributed by atoms with E-state index in [9.17, 15) is 4.79 Å². The molecule has 3 aromatic rings. The second-order valence-corrected chi connectivity index (χ2v) is 9.27. The van der Waals surface area contributed by atoms with Gasteiger partial charge in [0, 0.05) is 50.0 Å². The van der Waals surface area contributed by atoms with Gasteiger partial charge in [-0.2, -0.15) is 4.98 Å². The molecule has 0 atom stereocenters. The number of benzene rings is 1. The van der Waals surface area contributed by atoms with Crippen LogP contribution in [0.25, 0.3) is 11.5 Å². The van der Waals surface area contributed by atoms with Gasteiger partial charge in [-0.3, -0.25) is 0 Å². The zero-order valence-corrected chi connectivity index (χ0v) is 20.6. The topological polar surface area (TPSA) is 130 Å². The number of nitrogens with one attached hydrogen (secondary N) is 3. The summed E-state index contributed by atoms with van der Waals surface area (Å²) in [4.78, 5) is 23.4. The fraction of sp³-hybridized carbons (Fsp3) is 0.435. The Balaban J connectivity index is 1.27. The Morgan fingerprint density at radius 3 is 2.83 bits per heavy atom. The Labute approximate surface area is 208 Å². The summed E-state index contributed by atoms with van der Waals surface area (Å²) in [5, 5.41) is 14.9. The molecule has 35 heavy (non-hydrogen) atoms. The SMILES string of the molecule is CC1(C)OC(=O)c2ccc(Nc3ncc(-c4nnc(CCCN5CCNCC5)o4)c(NS)n3)cc21. The molecule has 184 valence electrons. The van der Waals surface area contributed by atoms with E-state index in [4.69, 9.17) is 9.15 Å². The van der Waals surface area contributed by atoms with Gasteiger partial charge in [-0.15, -0.1) is 10.2 Å². The molecule has 11 nitrogen and oxygen atoms in total. The Hall–Kier alpha value is -3.22. The largest absolute Gasteiger partial charge is 0.451 e. The maximum atomic E-state index is 12.0. The van der Waals surface area contributed by atoms with E-state index in [1.54, 1.807) is 18.3 Å². The van der Waals surface area contributed by atoms with Crippen molar-refractivity contribution in [2.45, 2.75) is 32.3 Å². The minimum absolute atomic E-state index is 0.318. The number of cyclic esters (lactones) is 1. The van der Waals surface area contributed by atoms with Crippen molar-refractivity contribution in [3.63, 3.8) is 0 Å². The third kappa shape index (κ3) is 5.09. The van der Waals surface area contributed by atoms with Crippen molar-refractivity contribution in [3.05, 3.63) is 41.4 Å². The molecular formula is C23H28N8O3S. The lowest BCUT2D eigenvalue weighted by molar-refractivity contribution is 0.00954. The summed E-state index contributed by atoms with van der Waals surface area (Å²) < 4.78 is 14.1. The lowest BCUT2D eigenvalue weighted by Gasteiger charge is -2.26. The zero-order chi connectivity index (χ0) is 24.4. The molecule has 1 aromatic carbocycles. The van der Waals surface area contributed by atoms with Crippen molar-refractivity contribution < 1.29 is 13.9 Å². The van der Waals surface area contributed by atoms with E-state index in [2.05, 4.69) is 53.2 Å². The molecule has 4 heterocycles. The summed E-state index contributed by atoms with van der Waals surface area (Å²) >= 11 is 4.19. The molecule has 3 N–H and O–H groups in total. The number of carbonyl (C=O) groups excluding carboxylic acids is 1. The van der Waals surface area contributed by atoms with E-state index in [-0.39, 0.29) is 5.97 Å². The number of piperazine rings is 1. The Morgan fingerprint density at radius 2 is 2.03 bits per heavy atom. The van der Waals surface area contributed by atoms with Gasteiger partial charge in [0.15, 0.2) is 5.82 Å². The normalized spacial score (nSPS) is 17.2. The first kappa shape index (κ1) is 23.5. The number of rotatable bonds is 8. The number of anilines is 3. The Bertz CT molecular complexity index is 1230. The fourth-order valence-electron chi connectivity index (χ4n) is 4.30. The van der Waals surface area contributed by atoms with Gasteiger partial charge in [-0.25, -0.2) is 9.78 Å². The first-order valence-electron chi connectivity index (χ1n) is 11.6. The molecule has 1 fully saturated rings. The predicted molar refractivity (Wildman–Crippen MR) is 134 cm³/mol. The maximum absolute atomic E-state index is 12.0. The van der Waals surface area contributed by atoms with Crippen molar-refractivity contribution in [1.29, 1.82) is 0 Å². The van der Waals surface area contributed by atoms with E-state index >= 15 is 0 Å². The number of aryl methyl sites for hydroxylation is 1. The molecule has 0 radical (unpaired) electrons. The van der Waals surface area contributed by atoms with Gasteiger partial charge in [0.05, 0.1) is 5.56 Å².